The summed E-state index contributed by atoms with van der Waals surface area (Å²) < 4.78 is 22.7. The summed E-state index contributed by atoms with van der Waals surface area (Å²) in [4.78, 5) is 4.84. The lowest BCUT2D eigenvalue weighted by Crippen LogP contribution is -1.91. The van der Waals surface area contributed by atoms with Gasteiger partial charge in [0.2, 0.25) is 0 Å². The Morgan fingerprint density at radius 2 is 2.23 bits per heavy atom. The number of nitrogens with zero attached hydrogens (tertiary/aromatic N) is 1. The lowest BCUT2D eigenvalue weighted by Gasteiger charge is -1.86. The van der Waals surface area contributed by atoms with Gasteiger partial charge in [0.1, 0.15) is 9.04 Å². The van der Waals surface area contributed by atoms with Crippen molar-refractivity contribution in [2.75, 3.05) is 6.26 Å². The summed E-state index contributed by atoms with van der Waals surface area (Å²) in [5.41, 5.74) is 0. The first-order valence-corrected chi connectivity index (χ1v) is 6.33. The van der Waals surface area contributed by atoms with E-state index in [-0.39, 0.29) is 0 Å². The van der Waals surface area contributed by atoms with Crippen LogP contribution in [0, 0.1) is 0 Å². The molecule has 68 valence electrons. The highest BCUT2D eigenvalue weighted by atomic mass is 32.2. The lowest BCUT2D eigenvalue weighted by molar-refractivity contribution is 0.604. The van der Waals surface area contributed by atoms with Crippen molar-refractivity contribution in [2.24, 2.45) is 0 Å². The number of rotatable bonds is 1. The van der Waals surface area contributed by atoms with Gasteiger partial charge in [0, 0.05) is 17.8 Å². The summed E-state index contributed by atoms with van der Waals surface area (Å²) >= 11 is 1.21. The van der Waals surface area contributed by atoms with Crippen LogP contribution in [-0.2, 0) is 9.84 Å². The summed E-state index contributed by atoms with van der Waals surface area (Å²) in [6, 6.07) is 5.30. The van der Waals surface area contributed by atoms with Gasteiger partial charge < -0.3 is 0 Å². The minimum atomic E-state index is -3.09. The van der Waals surface area contributed by atoms with Crippen molar-refractivity contribution < 1.29 is 8.42 Å². The Labute approximate surface area is 80.0 Å². The quantitative estimate of drug-likeness (QED) is 0.724. The third-order valence-corrected chi connectivity index (χ3v) is 4.50. The molecule has 2 aromatic heterocycles. The molecule has 0 aromatic carbocycles. The normalized spacial score (nSPS) is 12.1. The van der Waals surface area contributed by atoms with Crippen molar-refractivity contribution in [1.29, 1.82) is 0 Å². The summed E-state index contributed by atoms with van der Waals surface area (Å²) in [7, 11) is -3.09. The van der Waals surface area contributed by atoms with E-state index in [9.17, 15) is 8.42 Å². The fourth-order valence-electron chi connectivity index (χ4n) is 1.03. The van der Waals surface area contributed by atoms with E-state index in [1.54, 1.807) is 18.3 Å². The van der Waals surface area contributed by atoms with Crippen LogP contribution in [0.5, 0.6) is 0 Å². The smallest absolute Gasteiger partial charge is 0.184 e. The van der Waals surface area contributed by atoms with Gasteiger partial charge in [-0.15, -0.1) is 11.3 Å². The third kappa shape index (κ3) is 1.57. The molecule has 0 bridgehead atoms. The maximum Gasteiger partial charge on any atom is 0.184 e. The maximum atomic E-state index is 11.2. The standard InChI is InChI=1S/C8H7NO2S2/c1-13(10,11)7-5-6-3-2-4-9-8(6)12-7/h2-5H,1H3. The van der Waals surface area contributed by atoms with Crippen LogP contribution in [0.2, 0.25) is 0 Å². The molecule has 0 saturated heterocycles. The van der Waals surface area contributed by atoms with Crippen LogP contribution in [0.1, 0.15) is 0 Å². The molecule has 0 unspecified atom stereocenters. The van der Waals surface area contributed by atoms with Crippen molar-refractivity contribution in [3.05, 3.63) is 24.4 Å². The average molecular weight is 213 g/mol. The molecule has 0 radical (unpaired) electrons. The van der Waals surface area contributed by atoms with Gasteiger partial charge in [0.05, 0.1) is 0 Å². The lowest BCUT2D eigenvalue weighted by atomic mass is 10.4. The van der Waals surface area contributed by atoms with Gasteiger partial charge in [-0.05, 0) is 12.1 Å². The topological polar surface area (TPSA) is 47.0 Å². The van der Waals surface area contributed by atoms with Crippen molar-refractivity contribution in [1.82, 2.24) is 4.98 Å². The van der Waals surface area contributed by atoms with Gasteiger partial charge in [-0.1, -0.05) is 6.07 Å². The van der Waals surface area contributed by atoms with Crippen molar-refractivity contribution in [3.8, 4) is 0 Å². The van der Waals surface area contributed by atoms with Crippen LogP contribution < -0.4 is 0 Å². The molecule has 0 aliphatic carbocycles. The number of sulfone groups is 1. The molecule has 2 heterocycles. The first kappa shape index (κ1) is 8.65. The highest BCUT2D eigenvalue weighted by Gasteiger charge is 2.11. The summed E-state index contributed by atoms with van der Waals surface area (Å²) in [6.07, 6.45) is 2.86. The molecule has 5 heteroatoms. The number of thiophene rings is 1. The highest BCUT2D eigenvalue weighted by molar-refractivity contribution is 7.92. The van der Waals surface area contributed by atoms with E-state index >= 15 is 0 Å². The molecule has 0 spiro atoms. The SMILES string of the molecule is CS(=O)(=O)c1cc2cccnc2s1. The van der Waals surface area contributed by atoms with Crippen LogP contribution in [0.3, 0.4) is 0 Å². The molecule has 2 rings (SSSR count). The molecule has 2 aromatic rings. The Morgan fingerprint density at radius 1 is 1.46 bits per heavy atom. The Bertz CT molecular complexity index is 509. The second-order valence-electron chi connectivity index (χ2n) is 2.74. The Hall–Kier alpha value is -0.940. The molecule has 0 N–H and O–H groups in total. The number of aromatic nitrogens is 1. The predicted molar refractivity (Wildman–Crippen MR) is 52.7 cm³/mol. The molecule has 0 saturated carbocycles. The molecule has 0 aliphatic heterocycles. The van der Waals surface area contributed by atoms with E-state index in [4.69, 9.17) is 0 Å². The zero-order valence-corrected chi connectivity index (χ0v) is 8.52. The second kappa shape index (κ2) is 2.78. The average Bonchev–Trinajstić information content (AvgIpc) is 2.45. The minimum absolute atomic E-state index is 0.376. The number of hydrogen-bond donors (Lipinski definition) is 0. The van der Waals surface area contributed by atoms with Gasteiger partial charge in [0.15, 0.2) is 9.84 Å². The van der Waals surface area contributed by atoms with E-state index in [1.165, 1.54) is 17.6 Å². The van der Waals surface area contributed by atoms with Crippen LogP contribution >= 0.6 is 11.3 Å². The molecule has 0 aliphatic rings. The molecule has 0 atom stereocenters. The molecule has 3 nitrogen and oxygen atoms in total. The van der Waals surface area contributed by atoms with Crippen LogP contribution in [0.25, 0.3) is 10.2 Å². The summed E-state index contributed by atoms with van der Waals surface area (Å²) in [5, 5.41) is 0.882. The minimum Gasteiger partial charge on any atom is -0.245 e. The predicted octanol–water partition coefficient (Wildman–Crippen LogP) is 1.70. The first-order chi connectivity index (χ1) is 6.07. The van der Waals surface area contributed by atoms with Crippen LogP contribution in [-0.4, -0.2) is 19.7 Å². The highest BCUT2D eigenvalue weighted by Crippen LogP contribution is 2.26. The third-order valence-electron chi connectivity index (χ3n) is 1.64. The molecule has 0 amide bonds. The Kier molecular flexibility index (Phi) is 1.85. The molecule has 0 fully saturated rings. The number of hydrogen-bond acceptors (Lipinski definition) is 4. The van der Waals surface area contributed by atoms with Crippen molar-refractivity contribution in [2.45, 2.75) is 4.21 Å². The van der Waals surface area contributed by atoms with E-state index in [1.807, 2.05) is 6.07 Å². The van der Waals surface area contributed by atoms with E-state index in [2.05, 4.69) is 4.98 Å². The molecular weight excluding hydrogens is 206 g/mol. The Morgan fingerprint density at radius 3 is 2.85 bits per heavy atom. The number of pyridine rings is 1. The van der Waals surface area contributed by atoms with Crippen LogP contribution in [0.4, 0.5) is 0 Å². The van der Waals surface area contributed by atoms with E-state index in [0.29, 0.717) is 4.21 Å². The van der Waals surface area contributed by atoms with Crippen molar-refractivity contribution >= 4 is 31.4 Å². The second-order valence-corrected chi connectivity index (χ2v) is 6.01. The summed E-state index contributed by atoms with van der Waals surface area (Å²) in [5.74, 6) is 0. The first-order valence-electron chi connectivity index (χ1n) is 3.62. The van der Waals surface area contributed by atoms with Gasteiger partial charge in [-0.2, -0.15) is 0 Å². The fraction of sp³-hybridized carbons (Fsp3) is 0.125. The Balaban J connectivity index is 2.77. The van der Waals surface area contributed by atoms with E-state index < -0.39 is 9.84 Å². The van der Waals surface area contributed by atoms with Crippen LogP contribution in [0.15, 0.2) is 28.6 Å². The zero-order chi connectivity index (χ0) is 9.47. The summed E-state index contributed by atoms with van der Waals surface area (Å²) in [6.45, 7) is 0. The van der Waals surface area contributed by atoms with Crippen molar-refractivity contribution in [3.63, 3.8) is 0 Å². The molecule has 13 heavy (non-hydrogen) atoms. The monoisotopic (exact) mass is 213 g/mol. The molecular formula is C8H7NO2S2. The largest absolute Gasteiger partial charge is 0.245 e. The van der Waals surface area contributed by atoms with Gasteiger partial charge in [-0.25, -0.2) is 13.4 Å². The zero-order valence-electron chi connectivity index (χ0n) is 6.89. The number of fused-ring (bicyclic) bond motifs is 1. The maximum absolute atomic E-state index is 11.2. The van der Waals surface area contributed by atoms with Gasteiger partial charge >= 0.3 is 0 Å². The van der Waals surface area contributed by atoms with Gasteiger partial charge in [-0.3, -0.25) is 0 Å². The fourth-order valence-corrected chi connectivity index (χ4v) is 2.95. The van der Waals surface area contributed by atoms with E-state index in [0.717, 1.165) is 10.2 Å². The van der Waals surface area contributed by atoms with Gasteiger partial charge in [0.25, 0.3) is 0 Å².